The van der Waals surface area contributed by atoms with Gasteiger partial charge in [-0.3, -0.25) is 14.4 Å². The molecule has 0 spiro atoms. The third-order valence-electron chi connectivity index (χ3n) is 2.58. The highest BCUT2D eigenvalue weighted by Gasteiger charge is 2.35. The van der Waals surface area contributed by atoms with E-state index in [0.717, 1.165) is 6.07 Å². The molecule has 2 N–H and O–H groups in total. The van der Waals surface area contributed by atoms with Gasteiger partial charge in [0, 0.05) is 12.0 Å². The van der Waals surface area contributed by atoms with Crippen LogP contribution in [0.5, 0.6) is 0 Å². The van der Waals surface area contributed by atoms with Crippen molar-refractivity contribution in [2.24, 2.45) is 5.92 Å². The first-order valence-electron chi connectivity index (χ1n) is 5.39. The Bertz CT molecular complexity index is 580. The average Bonchev–Trinajstić information content (AvgIpc) is 2.33. The van der Waals surface area contributed by atoms with E-state index in [4.69, 9.17) is 10.2 Å². The molecule has 0 aliphatic heterocycles. The Balaban J connectivity index is 3.09. The number of ketones is 1. The van der Waals surface area contributed by atoms with E-state index < -0.39 is 53.2 Å². The molecule has 9 heteroatoms. The van der Waals surface area contributed by atoms with Gasteiger partial charge in [-0.05, 0) is 18.2 Å². The number of hydrogen-bond acceptors (Lipinski definition) is 3. The van der Waals surface area contributed by atoms with Crippen LogP contribution in [-0.4, -0.2) is 27.9 Å². The van der Waals surface area contributed by atoms with Crippen LogP contribution in [0.25, 0.3) is 0 Å². The highest BCUT2D eigenvalue weighted by molar-refractivity contribution is 6.03. The fraction of sp³-hybridized carbons (Fsp3) is 0.250. The van der Waals surface area contributed by atoms with Crippen molar-refractivity contribution in [1.82, 2.24) is 0 Å². The van der Waals surface area contributed by atoms with Crippen LogP contribution in [0.2, 0.25) is 0 Å². The molecule has 0 bridgehead atoms. The minimum atomic E-state index is -5.03. The van der Waals surface area contributed by atoms with Gasteiger partial charge in [0.1, 0.15) is 5.82 Å². The van der Waals surface area contributed by atoms with Crippen molar-refractivity contribution in [1.29, 1.82) is 0 Å². The highest BCUT2D eigenvalue weighted by Crippen LogP contribution is 2.32. The summed E-state index contributed by atoms with van der Waals surface area (Å²) >= 11 is 0. The van der Waals surface area contributed by atoms with Crippen LogP contribution in [0.15, 0.2) is 18.2 Å². The molecular weight excluding hydrogens is 300 g/mol. The SMILES string of the molecule is O=C(CC(C(=O)O)C(=O)O)c1ccc(F)c(C(F)(F)F)c1. The predicted molar refractivity (Wildman–Crippen MR) is 59.1 cm³/mol. The molecule has 1 aromatic rings. The largest absolute Gasteiger partial charge is 0.481 e. The van der Waals surface area contributed by atoms with Crippen LogP contribution in [-0.2, 0) is 15.8 Å². The van der Waals surface area contributed by atoms with Crippen LogP contribution < -0.4 is 0 Å². The summed E-state index contributed by atoms with van der Waals surface area (Å²) in [4.78, 5) is 32.9. The van der Waals surface area contributed by atoms with Gasteiger partial charge < -0.3 is 10.2 Å². The van der Waals surface area contributed by atoms with Crippen molar-refractivity contribution in [3.63, 3.8) is 0 Å². The molecule has 1 aromatic carbocycles. The molecule has 0 amide bonds. The van der Waals surface area contributed by atoms with Crippen molar-refractivity contribution in [2.45, 2.75) is 12.6 Å². The Labute approximate surface area is 114 Å². The fourth-order valence-corrected chi connectivity index (χ4v) is 1.50. The van der Waals surface area contributed by atoms with Crippen molar-refractivity contribution >= 4 is 17.7 Å². The minimum absolute atomic E-state index is 0.221. The molecule has 0 atom stereocenters. The number of hydrogen-bond donors (Lipinski definition) is 2. The number of rotatable bonds is 5. The molecule has 0 heterocycles. The second kappa shape index (κ2) is 5.90. The average molecular weight is 308 g/mol. The van der Waals surface area contributed by atoms with E-state index in [1.807, 2.05) is 0 Å². The molecule has 0 radical (unpaired) electrons. The van der Waals surface area contributed by atoms with Gasteiger partial charge in [-0.25, -0.2) is 4.39 Å². The Hall–Kier alpha value is -2.45. The summed E-state index contributed by atoms with van der Waals surface area (Å²) < 4.78 is 50.4. The lowest BCUT2D eigenvalue weighted by Gasteiger charge is -2.10. The number of Topliss-reactive ketones (excluding diaryl/α,β-unsaturated/α-hetero) is 1. The minimum Gasteiger partial charge on any atom is -0.481 e. The lowest BCUT2D eigenvalue weighted by atomic mass is 9.97. The standard InChI is InChI=1S/C12H8F4O5/c13-8-2-1-5(3-7(8)12(14,15)16)9(17)4-6(10(18)19)11(20)21/h1-3,6H,4H2,(H,18,19)(H,20,21). The zero-order valence-electron chi connectivity index (χ0n) is 10.1. The number of halogens is 4. The van der Waals surface area contributed by atoms with Crippen LogP contribution in [0.4, 0.5) is 17.6 Å². The molecule has 0 unspecified atom stereocenters. The normalized spacial score (nSPS) is 11.5. The van der Waals surface area contributed by atoms with Gasteiger partial charge >= 0.3 is 18.1 Å². The van der Waals surface area contributed by atoms with Crippen molar-refractivity contribution < 1.29 is 42.2 Å². The van der Waals surface area contributed by atoms with Crippen LogP contribution in [0, 0.1) is 11.7 Å². The molecule has 0 aliphatic carbocycles. The van der Waals surface area contributed by atoms with Gasteiger partial charge in [-0.1, -0.05) is 0 Å². The maximum atomic E-state index is 13.0. The number of carbonyl (C=O) groups excluding carboxylic acids is 1. The molecule has 1 rings (SSSR count). The van der Waals surface area contributed by atoms with Gasteiger partial charge in [0.15, 0.2) is 11.7 Å². The van der Waals surface area contributed by atoms with Gasteiger partial charge in [0.05, 0.1) is 5.56 Å². The zero-order valence-corrected chi connectivity index (χ0v) is 10.1. The zero-order chi connectivity index (χ0) is 16.4. The molecule has 21 heavy (non-hydrogen) atoms. The molecule has 0 aromatic heterocycles. The number of carboxylic acids is 2. The summed E-state index contributed by atoms with van der Waals surface area (Å²) in [6.45, 7) is 0. The highest BCUT2D eigenvalue weighted by atomic mass is 19.4. The lowest BCUT2D eigenvalue weighted by molar-refractivity contribution is -0.154. The number of alkyl halides is 3. The van der Waals surface area contributed by atoms with Crippen molar-refractivity contribution in [3.8, 4) is 0 Å². The van der Waals surface area contributed by atoms with Crippen LogP contribution in [0.1, 0.15) is 22.3 Å². The van der Waals surface area contributed by atoms with Gasteiger partial charge in [0.25, 0.3) is 0 Å². The van der Waals surface area contributed by atoms with Crippen molar-refractivity contribution in [2.75, 3.05) is 0 Å². The van der Waals surface area contributed by atoms with Gasteiger partial charge in [-0.2, -0.15) is 13.2 Å². The predicted octanol–water partition coefficient (Wildman–Crippen LogP) is 2.20. The van der Waals surface area contributed by atoms with E-state index in [9.17, 15) is 31.9 Å². The maximum Gasteiger partial charge on any atom is 0.419 e. The van der Waals surface area contributed by atoms with E-state index in [2.05, 4.69) is 0 Å². The van der Waals surface area contributed by atoms with Crippen LogP contribution in [0.3, 0.4) is 0 Å². The van der Waals surface area contributed by atoms with E-state index in [0.29, 0.717) is 6.07 Å². The van der Waals surface area contributed by atoms with Crippen LogP contribution >= 0.6 is 0 Å². The fourth-order valence-electron chi connectivity index (χ4n) is 1.50. The third kappa shape index (κ3) is 4.01. The molecule has 0 fully saturated rings. The summed E-state index contributed by atoms with van der Waals surface area (Å²) in [5, 5.41) is 17.2. The second-order valence-corrected chi connectivity index (χ2v) is 4.05. The Morgan fingerprint density at radius 2 is 1.62 bits per heavy atom. The summed E-state index contributed by atoms with van der Waals surface area (Å²) in [6.07, 6.45) is -6.06. The Morgan fingerprint density at radius 3 is 2.05 bits per heavy atom. The van der Waals surface area contributed by atoms with E-state index in [1.165, 1.54) is 0 Å². The molecule has 0 saturated carbocycles. The number of carboxylic acid groups (broad SMARTS) is 2. The first-order valence-corrected chi connectivity index (χ1v) is 5.39. The van der Waals surface area contributed by atoms with Gasteiger partial charge in [-0.15, -0.1) is 0 Å². The smallest absolute Gasteiger partial charge is 0.419 e. The second-order valence-electron chi connectivity index (χ2n) is 4.05. The first-order chi connectivity index (χ1) is 9.54. The first kappa shape index (κ1) is 16.6. The Kier molecular flexibility index (Phi) is 4.66. The maximum absolute atomic E-state index is 13.0. The number of aliphatic carboxylic acids is 2. The third-order valence-corrected chi connectivity index (χ3v) is 2.58. The summed E-state index contributed by atoms with van der Waals surface area (Å²) in [5.41, 5.74) is -2.30. The quantitative estimate of drug-likeness (QED) is 0.494. The van der Waals surface area contributed by atoms with E-state index in [1.54, 1.807) is 0 Å². The molecule has 5 nitrogen and oxygen atoms in total. The summed E-state index contributed by atoms with van der Waals surface area (Å²) in [5.74, 6) is -8.41. The topological polar surface area (TPSA) is 91.7 Å². The molecular formula is C12H8F4O5. The van der Waals surface area contributed by atoms with E-state index in [-0.39, 0.29) is 6.07 Å². The summed E-state index contributed by atoms with van der Waals surface area (Å²) in [7, 11) is 0. The van der Waals surface area contributed by atoms with E-state index >= 15 is 0 Å². The Morgan fingerprint density at radius 1 is 1.10 bits per heavy atom. The number of benzene rings is 1. The molecule has 0 aliphatic rings. The molecule has 114 valence electrons. The summed E-state index contributed by atoms with van der Waals surface area (Å²) in [6, 6.07) is 1.36. The number of carbonyl (C=O) groups is 3. The van der Waals surface area contributed by atoms with Crippen molar-refractivity contribution in [3.05, 3.63) is 35.1 Å². The monoisotopic (exact) mass is 308 g/mol. The lowest BCUT2D eigenvalue weighted by Crippen LogP contribution is -2.26. The molecule has 0 saturated heterocycles. The van der Waals surface area contributed by atoms with Gasteiger partial charge in [0.2, 0.25) is 0 Å².